The third-order valence-corrected chi connectivity index (χ3v) is 9.72. The predicted molar refractivity (Wildman–Crippen MR) is 194 cm³/mol. The van der Waals surface area contributed by atoms with Gasteiger partial charge in [-0.05, 0) is 60.8 Å². The van der Waals surface area contributed by atoms with Crippen LogP contribution in [0.5, 0.6) is 5.75 Å². The number of nitrogens with zero attached hydrogens (tertiary/aromatic N) is 3. The highest BCUT2D eigenvalue weighted by molar-refractivity contribution is 7.89. The molecule has 3 aromatic rings. The molecule has 0 bridgehead atoms. The van der Waals surface area contributed by atoms with Gasteiger partial charge < -0.3 is 19.3 Å². The molecule has 0 saturated carbocycles. The van der Waals surface area contributed by atoms with Crippen LogP contribution in [-0.2, 0) is 37.4 Å². The number of benzene rings is 3. The molecule has 2 aliphatic heterocycles. The minimum absolute atomic E-state index is 0.281. The molecule has 0 radical (unpaired) electrons. The average molecular weight is 718 g/mol. The molecule has 1 saturated heterocycles. The molecule has 0 unspecified atom stereocenters. The molecule has 1 atom stereocenters. The number of urea groups is 1. The molecule has 272 valence electrons. The predicted octanol–water partition coefficient (Wildman–Crippen LogP) is 5.61. The summed E-state index contributed by atoms with van der Waals surface area (Å²) in [6, 6.07) is 21.9. The Morgan fingerprint density at radius 1 is 0.980 bits per heavy atom. The van der Waals surface area contributed by atoms with E-state index in [2.05, 4.69) is 28.9 Å². The Labute approximate surface area is 301 Å². The third kappa shape index (κ3) is 10.9. The fourth-order valence-electron chi connectivity index (χ4n) is 5.99. The van der Waals surface area contributed by atoms with E-state index in [9.17, 15) is 23.1 Å². The van der Waals surface area contributed by atoms with Crippen molar-refractivity contribution >= 4 is 27.6 Å². The zero-order valence-corrected chi connectivity index (χ0v) is 30.4. The van der Waals surface area contributed by atoms with Gasteiger partial charge in [0.1, 0.15) is 12.3 Å². The van der Waals surface area contributed by atoms with Crippen molar-refractivity contribution in [1.82, 2.24) is 9.21 Å². The molecule has 0 aliphatic carbocycles. The van der Waals surface area contributed by atoms with Crippen LogP contribution in [0.4, 0.5) is 10.5 Å². The van der Waals surface area contributed by atoms with Crippen molar-refractivity contribution in [2.24, 2.45) is 0 Å². The summed E-state index contributed by atoms with van der Waals surface area (Å²) in [5.41, 5.74) is 3.90. The van der Waals surface area contributed by atoms with Gasteiger partial charge >= 0.3 is 6.03 Å². The summed E-state index contributed by atoms with van der Waals surface area (Å²) >= 11 is 0. The zero-order chi connectivity index (χ0) is 36.4. The van der Waals surface area contributed by atoms with Crippen molar-refractivity contribution in [2.75, 3.05) is 44.0 Å². The monoisotopic (exact) mass is 717 g/mol. The number of sulfonamides is 1. The van der Waals surface area contributed by atoms with E-state index in [1.54, 1.807) is 24.3 Å². The van der Waals surface area contributed by atoms with Gasteiger partial charge in [0.05, 0.1) is 31.3 Å². The number of rotatable bonds is 16. The van der Waals surface area contributed by atoms with E-state index in [0.29, 0.717) is 42.7 Å². The highest BCUT2D eigenvalue weighted by Crippen LogP contribution is 2.33. The van der Waals surface area contributed by atoms with Crippen molar-refractivity contribution in [3.05, 3.63) is 95.1 Å². The van der Waals surface area contributed by atoms with Crippen LogP contribution >= 0.6 is 0 Å². The summed E-state index contributed by atoms with van der Waals surface area (Å²) in [6.07, 6.45) is 4.81. The number of anilines is 1. The molecule has 3 aromatic carbocycles. The fraction of sp³-hybridized carbons (Fsp3) is 0.436. The number of hydrogen-bond acceptors (Lipinski definition) is 9. The smallest absolute Gasteiger partial charge is 0.345 e. The molecule has 2 heterocycles. The van der Waals surface area contributed by atoms with Gasteiger partial charge in [-0.1, -0.05) is 67.1 Å². The largest absolute Gasteiger partial charge is 0.463 e. The van der Waals surface area contributed by atoms with Crippen molar-refractivity contribution in [1.29, 1.82) is 0 Å². The molecule has 12 heteroatoms. The van der Waals surface area contributed by atoms with Gasteiger partial charge in [0, 0.05) is 51.1 Å². The van der Waals surface area contributed by atoms with Crippen LogP contribution in [0.1, 0.15) is 74.3 Å². The Bertz CT molecular complexity index is 1840. The number of carbonyl (C=O) groups is 2. The maximum Gasteiger partial charge on any atom is 0.345 e. The molecule has 1 fully saturated rings. The first kappa shape index (κ1) is 38.0. The van der Waals surface area contributed by atoms with E-state index >= 15 is 0 Å². The highest BCUT2D eigenvalue weighted by atomic mass is 32.2. The first-order chi connectivity index (χ1) is 24.4. The normalized spacial score (nSPS) is 16.1. The van der Waals surface area contributed by atoms with Crippen LogP contribution < -0.4 is 9.64 Å². The molecule has 1 N–H and O–H groups in total. The van der Waals surface area contributed by atoms with Gasteiger partial charge in [0.2, 0.25) is 15.8 Å². The molecular formula is C39H47N3O8S. The maximum atomic E-state index is 12.5. The number of ether oxygens (including phenoxy) is 3. The molecule has 5 rings (SSSR count). The lowest BCUT2D eigenvalue weighted by molar-refractivity contribution is -0.180. The average Bonchev–Trinajstić information content (AvgIpc) is 3.40. The quantitative estimate of drug-likeness (QED) is 0.114. The van der Waals surface area contributed by atoms with Crippen LogP contribution in [0, 0.1) is 11.8 Å². The van der Waals surface area contributed by atoms with Gasteiger partial charge in [0.15, 0.2) is 0 Å². The van der Waals surface area contributed by atoms with Gasteiger partial charge in [0.25, 0.3) is 5.91 Å². The summed E-state index contributed by atoms with van der Waals surface area (Å²) in [5.74, 6) is 5.61. The molecule has 51 heavy (non-hydrogen) atoms. The Balaban J connectivity index is 1.01. The summed E-state index contributed by atoms with van der Waals surface area (Å²) in [6.45, 7) is 7.00. The summed E-state index contributed by atoms with van der Waals surface area (Å²) in [4.78, 5) is 28.1. The Kier molecular flexibility index (Phi) is 12.9. The Morgan fingerprint density at radius 2 is 1.76 bits per heavy atom. The number of carbonyl (C=O) groups excluding carboxylic acids is 2. The summed E-state index contributed by atoms with van der Waals surface area (Å²) in [7, 11) is -3.84. The van der Waals surface area contributed by atoms with E-state index in [1.165, 1.54) is 5.56 Å². The number of hydrogen-bond donors (Lipinski definition) is 1. The second kappa shape index (κ2) is 17.3. The van der Waals surface area contributed by atoms with E-state index < -0.39 is 40.4 Å². The topological polar surface area (TPSA) is 126 Å². The van der Waals surface area contributed by atoms with Crippen LogP contribution in [0.2, 0.25) is 0 Å². The molecule has 3 amide bonds. The molecule has 0 aromatic heterocycles. The van der Waals surface area contributed by atoms with Crippen LogP contribution in [0.15, 0.2) is 72.8 Å². The van der Waals surface area contributed by atoms with E-state index in [0.717, 1.165) is 66.8 Å². The van der Waals surface area contributed by atoms with Crippen LogP contribution in [0.3, 0.4) is 0 Å². The lowest BCUT2D eigenvalue weighted by Crippen LogP contribution is -2.36. The van der Waals surface area contributed by atoms with Gasteiger partial charge in [-0.15, -0.1) is 0 Å². The van der Waals surface area contributed by atoms with Crippen molar-refractivity contribution in [3.8, 4) is 17.6 Å². The number of unbranched alkanes of at least 4 members (excludes halogenated alkanes) is 3. The number of aliphatic hydroxyl groups excluding tert-OH is 1. The maximum absolute atomic E-state index is 12.5. The molecule has 0 spiro atoms. The van der Waals surface area contributed by atoms with Crippen molar-refractivity contribution in [2.45, 2.75) is 71.0 Å². The zero-order valence-electron chi connectivity index (χ0n) is 29.5. The Hall–Kier alpha value is -4.25. The van der Waals surface area contributed by atoms with Gasteiger partial charge in [-0.25, -0.2) is 22.4 Å². The van der Waals surface area contributed by atoms with Crippen LogP contribution in [-0.4, -0.2) is 79.6 Å². The first-order valence-corrected chi connectivity index (χ1v) is 19.2. The van der Waals surface area contributed by atoms with E-state index in [-0.39, 0.29) is 5.69 Å². The highest BCUT2D eigenvalue weighted by Gasteiger charge is 2.42. The third-order valence-electron chi connectivity index (χ3n) is 8.64. The number of imide groups is 1. The van der Waals surface area contributed by atoms with Crippen LogP contribution in [0.25, 0.3) is 0 Å². The second-order valence-electron chi connectivity index (χ2n) is 13.3. The van der Waals surface area contributed by atoms with Gasteiger partial charge in [-0.3, -0.25) is 9.69 Å². The second-order valence-corrected chi connectivity index (χ2v) is 15.2. The number of amides is 3. The summed E-state index contributed by atoms with van der Waals surface area (Å²) in [5, 5.41) is 11.2. The molecule has 2 aliphatic rings. The standard InChI is InChI=1S/C39H47N3O8S/c1-39(2)49-29-33-25-32(19-20-36(33)50-39)35(43)27-40(26-31-15-7-6-8-16-31)21-10-4-5-11-22-48-23-12-9-14-30-17-13-18-34(24-30)42-37(44)28-41(38(42)45)51(3,46)47/h6-8,13,15-20,24-25,35,43H,4-5,10-12,21-23,26-29H2,1-3H3/t35-/m0/s1. The number of fused-ring (bicyclic) bond motifs is 1. The minimum Gasteiger partial charge on any atom is -0.463 e. The molecule has 11 nitrogen and oxygen atoms in total. The number of aliphatic hydroxyl groups is 1. The van der Waals surface area contributed by atoms with Crippen molar-refractivity contribution in [3.63, 3.8) is 0 Å². The summed E-state index contributed by atoms with van der Waals surface area (Å²) < 4.78 is 41.7. The SMILES string of the molecule is CC1(C)OCc2cc([C@@H](O)CN(CCCCCCOCCC#Cc3cccc(N4C(=O)CN(S(C)(=O)=O)C4=O)c3)Cc3ccccc3)ccc2O1. The minimum atomic E-state index is -3.84. The Morgan fingerprint density at radius 3 is 2.53 bits per heavy atom. The first-order valence-electron chi connectivity index (χ1n) is 17.3. The van der Waals surface area contributed by atoms with Crippen molar-refractivity contribution < 1.29 is 37.3 Å². The fourth-order valence-corrected chi connectivity index (χ4v) is 6.70. The van der Waals surface area contributed by atoms with Gasteiger partial charge in [-0.2, -0.15) is 0 Å². The van der Waals surface area contributed by atoms with E-state index in [1.807, 2.05) is 50.2 Å². The lowest BCUT2D eigenvalue weighted by Gasteiger charge is -2.33. The lowest BCUT2D eigenvalue weighted by atomic mass is 10.0. The van der Waals surface area contributed by atoms with E-state index in [4.69, 9.17) is 14.2 Å². The molecular weight excluding hydrogens is 671 g/mol.